The zero-order valence-corrected chi connectivity index (χ0v) is 13.2. The standard InChI is InChI=1S/C17H25ClO2/c1-3-20-17(9-5-4-6-10-17)16(19)12-14-8-7-13(2)11-15(14)18/h7-8,11,16,19H,3-6,9-10,12H2,1-2H3. The van der Waals surface area contributed by atoms with Gasteiger partial charge in [-0.3, -0.25) is 0 Å². The molecule has 1 fully saturated rings. The lowest BCUT2D eigenvalue weighted by atomic mass is 9.78. The molecule has 0 spiro atoms. The Balaban J connectivity index is 2.13. The van der Waals surface area contributed by atoms with Gasteiger partial charge in [0.25, 0.3) is 0 Å². The fraction of sp³-hybridized carbons (Fsp3) is 0.647. The third kappa shape index (κ3) is 3.55. The largest absolute Gasteiger partial charge is 0.390 e. The highest BCUT2D eigenvalue weighted by Gasteiger charge is 2.39. The molecule has 0 aromatic heterocycles. The number of aliphatic hydroxyl groups is 1. The first kappa shape index (κ1) is 15.8. The maximum absolute atomic E-state index is 10.7. The monoisotopic (exact) mass is 296 g/mol. The van der Waals surface area contributed by atoms with Crippen molar-refractivity contribution in [1.82, 2.24) is 0 Å². The van der Waals surface area contributed by atoms with E-state index in [2.05, 4.69) is 0 Å². The Morgan fingerprint density at radius 1 is 1.30 bits per heavy atom. The molecule has 0 radical (unpaired) electrons. The molecule has 3 heteroatoms. The smallest absolute Gasteiger partial charge is 0.0943 e. The van der Waals surface area contributed by atoms with Crippen LogP contribution in [0.5, 0.6) is 0 Å². The number of hydrogen-bond donors (Lipinski definition) is 1. The zero-order chi connectivity index (χ0) is 14.6. The number of aryl methyl sites for hydroxylation is 1. The molecule has 0 amide bonds. The molecule has 1 unspecified atom stereocenters. The Hall–Kier alpha value is -0.570. The molecule has 1 aliphatic rings. The molecule has 0 aliphatic heterocycles. The molecule has 1 saturated carbocycles. The topological polar surface area (TPSA) is 29.5 Å². The molecule has 2 nitrogen and oxygen atoms in total. The average molecular weight is 297 g/mol. The summed E-state index contributed by atoms with van der Waals surface area (Å²) >= 11 is 6.28. The van der Waals surface area contributed by atoms with E-state index in [4.69, 9.17) is 16.3 Å². The minimum atomic E-state index is -0.483. The highest BCUT2D eigenvalue weighted by molar-refractivity contribution is 6.31. The van der Waals surface area contributed by atoms with Gasteiger partial charge in [0.2, 0.25) is 0 Å². The first-order valence-electron chi connectivity index (χ1n) is 7.64. The molecule has 1 aliphatic carbocycles. The van der Waals surface area contributed by atoms with Gasteiger partial charge < -0.3 is 9.84 Å². The van der Waals surface area contributed by atoms with Crippen molar-refractivity contribution in [2.24, 2.45) is 0 Å². The summed E-state index contributed by atoms with van der Waals surface area (Å²) in [6.45, 7) is 4.68. The third-order valence-electron chi connectivity index (χ3n) is 4.36. The van der Waals surface area contributed by atoms with Crippen molar-refractivity contribution >= 4 is 11.6 Å². The fourth-order valence-corrected chi connectivity index (χ4v) is 3.54. The van der Waals surface area contributed by atoms with E-state index in [0.29, 0.717) is 13.0 Å². The Bertz CT molecular complexity index is 433. The normalized spacial score (nSPS) is 19.8. The van der Waals surface area contributed by atoms with Crippen LogP contribution in [-0.2, 0) is 11.2 Å². The zero-order valence-electron chi connectivity index (χ0n) is 12.5. The first-order valence-corrected chi connectivity index (χ1v) is 8.02. The van der Waals surface area contributed by atoms with E-state index in [-0.39, 0.29) is 5.60 Å². The van der Waals surface area contributed by atoms with Gasteiger partial charge in [-0.25, -0.2) is 0 Å². The van der Waals surface area contributed by atoms with Crippen molar-refractivity contribution in [3.8, 4) is 0 Å². The van der Waals surface area contributed by atoms with Crippen LogP contribution >= 0.6 is 11.6 Å². The summed E-state index contributed by atoms with van der Waals surface area (Å²) in [6.07, 6.45) is 5.50. The van der Waals surface area contributed by atoms with Crippen LogP contribution in [0.4, 0.5) is 0 Å². The SMILES string of the molecule is CCOC1(C(O)Cc2ccc(C)cc2Cl)CCCCC1. The maximum atomic E-state index is 10.7. The van der Waals surface area contributed by atoms with Crippen LogP contribution in [0, 0.1) is 6.92 Å². The van der Waals surface area contributed by atoms with Crippen molar-refractivity contribution in [2.75, 3.05) is 6.61 Å². The van der Waals surface area contributed by atoms with Crippen LogP contribution in [0.1, 0.15) is 50.2 Å². The van der Waals surface area contributed by atoms with Gasteiger partial charge in [0.15, 0.2) is 0 Å². The number of halogens is 1. The number of benzene rings is 1. The molecule has 1 aromatic carbocycles. The summed E-state index contributed by atoms with van der Waals surface area (Å²) < 4.78 is 5.97. The first-order chi connectivity index (χ1) is 9.57. The maximum Gasteiger partial charge on any atom is 0.0943 e. The van der Waals surface area contributed by atoms with Crippen molar-refractivity contribution in [1.29, 1.82) is 0 Å². The van der Waals surface area contributed by atoms with E-state index < -0.39 is 6.10 Å². The van der Waals surface area contributed by atoms with Gasteiger partial charge in [0.05, 0.1) is 11.7 Å². The molecular weight excluding hydrogens is 272 g/mol. The van der Waals surface area contributed by atoms with E-state index in [0.717, 1.165) is 41.8 Å². The van der Waals surface area contributed by atoms with Crippen LogP contribution in [0.3, 0.4) is 0 Å². The Kier molecular flexibility index (Phi) is 5.48. The lowest BCUT2D eigenvalue weighted by Gasteiger charge is -2.41. The van der Waals surface area contributed by atoms with Crippen LogP contribution < -0.4 is 0 Å². The Morgan fingerprint density at radius 3 is 2.60 bits per heavy atom. The third-order valence-corrected chi connectivity index (χ3v) is 4.71. The van der Waals surface area contributed by atoms with Crippen LogP contribution in [0.15, 0.2) is 18.2 Å². The van der Waals surface area contributed by atoms with Gasteiger partial charge in [-0.05, 0) is 43.9 Å². The van der Waals surface area contributed by atoms with Gasteiger partial charge in [0, 0.05) is 18.1 Å². The summed E-state index contributed by atoms with van der Waals surface area (Å²) in [5, 5.41) is 11.5. The number of hydrogen-bond acceptors (Lipinski definition) is 2. The Morgan fingerprint density at radius 2 is 2.00 bits per heavy atom. The molecule has 0 heterocycles. The predicted octanol–water partition coefficient (Wildman–Crippen LogP) is 4.29. The lowest BCUT2D eigenvalue weighted by Crippen LogP contribution is -2.47. The predicted molar refractivity (Wildman–Crippen MR) is 83.3 cm³/mol. The lowest BCUT2D eigenvalue weighted by molar-refractivity contribution is -0.138. The highest BCUT2D eigenvalue weighted by atomic mass is 35.5. The number of rotatable bonds is 5. The fourth-order valence-electron chi connectivity index (χ4n) is 3.22. The van der Waals surface area contributed by atoms with E-state index in [9.17, 15) is 5.11 Å². The van der Waals surface area contributed by atoms with Gasteiger partial charge in [-0.15, -0.1) is 0 Å². The second kappa shape index (κ2) is 6.93. The second-order valence-corrected chi connectivity index (χ2v) is 6.28. The molecule has 112 valence electrons. The summed E-state index contributed by atoms with van der Waals surface area (Å²) in [6, 6.07) is 6.02. The van der Waals surface area contributed by atoms with Gasteiger partial charge in [0.1, 0.15) is 0 Å². The number of ether oxygens (including phenoxy) is 1. The molecule has 1 aromatic rings. The van der Waals surface area contributed by atoms with Crippen molar-refractivity contribution in [3.63, 3.8) is 0 Å². The summed E-state index contributed by atoms with van der Waals surface area (Å²) in [5.74, 6) is 0. The van der Waals surface area contributed by atoms with Gasteiger partial charge >= 0.3 is 0 Å². The van der Waals surface area contributed by atoms with Gasteiger partial charge in [-0.2, -0.15) is 0 Å². The van der Waals surface area contributed by atoms with Crippen molar-refractivity contribution < 1.29 is 9.84 Å². The van der Waals surface area contributed by atoms with E-state index in [1.54, 1.807) is 0 Å². The molecular formula is C17H25ClO2. The second-order valence-electron chi connectivity index (χ2n) is 5.87. The van der Waals surface area contributed by atoms with E-state index >= 15 is 0 Å². The quantitative estimate of drug-likeness (QED) is 0.878. The Labute approximate surface area is 127 Å². The summed E-state index contributed by atoms with van der Waals surface area (Å²) in [5.41, 5.74) is 1.78. The van der Waals surface area contributed by atoms with Crippen LogP contribution in [-0.4, -0.2) is 23.4 Å². The summed E-state index contributed by atoms with van der Waals surface area (Å²) in [4.78, 5) is 0. The van der Waals surface area contributed by atoms with Gasteiger partial charge in [-0.1, -0.05) is 43.0 Å². The van der Waals surface area contributed by atoms with E-state index in [1.165, 1.54) is 6.42 Å². The van der Waals surface area contributed by atoms with E-state index in [1.807, 2.05) is 32.0 Å². The molecule has 0 saturated heterocycles. The molecule has 2 rings (SSSR count). The van der Waals surface area contributed by atoms with Crippen molar-refractivity contribution in [2.45, 2.75) is 64.1 Å². The average Bonchev–Trinajstić information content (AvgIpc) is 2.43. The van der Waals surface area contributed by atoms with Crippen LogP contribution in [0.2, 0.25) is 5.02 Å². The number of aliphatic hydroxyl groups excluding tert-OH is 1. The molecule has 0 bridgehead atoms. The highest BCUT2D eigenvalue weighted by Crippen LogP contribution is 2.36. The minimum absolute atomic E-state index is 0.374. The van der Waals surface area contributed by atoms with Crippen molar-refractivity contribution in [3.05, 3.63) is 34.3 Å². The summed E-state index contributed by atoms with van der Waals surface area (Å²) in [7, 11) is 0. The minimum Gasteiger partial charge on any atom is -0.390 e. The van der Waals surface area contributed by atoms with Crippen LogP contribution in [0.25, 0.3) is 0 Å². The molecule has 1 N–H and O–H groups in total. The molecule has 1 atom stereocenters. The molecule has 20 heavy (non-hydrogen) atoms.